The van der Waals surface area contributed by atoms with Crippen molar-refractivity contribution in [3.63, 3.8) is 0 Å². The van der Waals surface area contributed by atoms with E-state index in [0.29, 0.717) is 19.2 Å². The Balaban J connectivity index is 1.51. The zero-order valence-electron chi connectivity index (χ0n) is 13.3. The molecule has 1 fully saturated rings. The molecule has 6 nitrogen and oxygen atoms in total. The van der Waals surface area contributed by atoms with Gasteiger partial charge in [0.15, 0.2) is 0 Å². The van der Waals surface area contributed by atoms with Crippen LogP contribution in [0.1, 0.15) is 29.7 Å². The van der Waals surface area contributed by atoms with Gasteiger partial charge in [0.25, 0.3) is 0 Å². The van der Waals surface area contributed by atoms with Gasteiger partial charge in [0.05, 0.1) is 37.4 Å². The zero-order chi connectivity index (χ0) is 16.1. The second kappa shape index (κ2) is 7.39. The molecule has 3 rings (SSSR count). The van der Waals surface area contributed by atoms with Gasteiger partial charge < -0.3 is 15.2 Å². The monoisotopic (exact) mass is 314 g/mol. The van der Waals surface area contributed by atoms with Crippen LogP contribution < -0.4 is 5.73 Å². The summed E-state index contributed by atoms with van der Waals surface area (Å²) in [6.45, 7) is 4.02. The number of aromatic nitrogens is 2. The molecule has 1 aromatic carbocycles. The van der Waals surface area contributed by atoms with Crippen molar-refractivity contribution in [1.29, 1.82) is 0 Å². The predicted molar refractivity (Wildman–Crippen MR) is 89.4 cm³/mol. The van der Waals surface area contributed by atoms with E-state index in [2.05, 4.69) is 10.1 Å². The Morgan fingerprint density at radius 2 is 2.26 bits per heavy atom. The van der Waals surface area contributed by atoms with Crippen molar-refractivity contribution in [2.75, 3.05) is 18.9 Å². The molecule has 1 aliphatic heterocycles. The fraction of sp³-hybridized carbons (Fsp3) is 0.412. The van der Waals surface area contributed by atoms with Crippen LogP contribution in [0.3, 0.4) is 0 Å². The van der Waals surface area contributed by atoms with Crippen molar-refractivity contribution in [3.8, 4) is 0 Å². The number of imidazole rings is 1. The Morgan fingerprint density at radius 1 is 1.43 bits per heavy atom. The molecule has 6 heteroatoms. The molecule has 0 radical (unpaired) electrons. The van der Waals surface area contributed by atoms with Crippen LogP contribution >= 0.6 is 0 Å². The molecule has 2 N–H and O–H groups in total. The molecule has 2 heterocycles. The molecule has 0 spiro atoms. The number of aryl methyl sites for hydroxylation is 1. The van der Waals surface area contributed by atoms with E-state index in [-0.39, 0.29) is 6.10 Å². The molecule has 1 saturated heterocycles. The number of ether oxygens (including phenoxy) is 2. The molecule has 1 unspecified atom stereocenters. The Bertz CT molecular complexity index is 658. The summed E-state index contributed by atoms with van der Waals surface area (Å²) in [5.74, 6) is 0.387. The average molecular weight is 314 g/mol. The molecular weight excluding hydrogens is 292 g/mol. The first kappa shape index (κ1) is 15.7. The lowest BCUT2D eigenvalue weighted by Gasteiger charge is -2.10. The zero-order valence-corrected chi connectivity index (χ0v) is 13.3. The molecule has 23 heavy (non-hydrogen) atoms. The Kier molecular flexibility index (Phi) is 5.05. The third-order valence-corrected chi connectivity index (χ3v) is 3.74. The predicted octanol–water partition coefficient (Wildman–Crippen LogP) is 2.35. The number of nitrogen functional groups attached to an aromatic ring is 1. The van der Waals surface area contributed by atoms with Crippen molar-refractivity contribution in [2.24, 2.45) is 5.10 Å². The lowest BCUT2D eigenvalue weighted by atomic mass is 10.1. The first-order valence-corrected chi connectivity index (χ1v) is 7.85. The van der Waals surface area contributed by atoms with E-state index in [4.69, 9.17) is 15.2 Å². The minimum absolute atomic E-state index is 0.269. The molecule has 0 aliphatic carbocycles. The summed E-state index contributed by atoms with van der Waals surface area (Å²) >= 11 is 0. The van der Waals surface area contributed by atoms with Crippen LogP contribution in [0.2, 0.25) is 0 Å². The second-order valence-electron chi connectivity index (χ2n) is 5.72. The SMILES string of the molecule is Cc1cn(N=Cc2ccc(COCC3CCCO3)cc2)c(N)n1. The molecule has 1 aliphatic rings. The standard InChI is InChI=1S/C17H22N4O2/c1-13-10-21(17(18)20-13)19-9-14-4-6-15(7-5-14)11-22-12-16-3-2-8-23-16/h4-7,9-10,16H,2-3,8,11-12H2,1H3,(H2,18,20). The van der Waals surface area contributed by atoms with Crippen molar-refractivity contribution in [3.05, 3.63) is 47.3 Å². The quantitative estimate of drug-likeness (QED) is 0.831. The first-order valence-electron chi connectivity index (χ1n) is 7.85. The molecule has 0 bridgehead atoms. The number of hydrogen-bond donors (Lipinski definition) is 1. The van der Waals surface area contributed by atoms with E-state index in [9.17, 15) is 0 Å². The smallest absolute Gasteiger partial charge is 0.221 e. The van der Waals surface area contributed by atoms with Crippen LogP contribution in [0.4, 0.5) is 5.95 Å². The van der Waals surface area contributed by atoms with Gasteiger partial charge in [-0.1, -0.05) is 24.3 Å². The van der Waals surface area contributed by atoms with Gasteiger partial charge in [-0.15, -0.1) is 0 Å². The molecule has 0 saturated carbocycles. The van der Waals surface area contributed by atoms with Gasteiger partial charge >= 0.3 is 0 Å². The maximum absolute atomic E-state index is 5.75. The molecule has 0 amide bonds. The van der Waals surface area contributed by atoms with Gasteiger partial charge in [-0.2, -0.15) is 5.10 Å². The van der Waals surface area contributed by atoms with Crippen LogP contribution in [0.5, 0.6) is 0 Å². The highest BCUT2D eigenvalue weighted by atomic mass is 16.5. The van der Waals surface area contributed by atoms with E-state index in [0.717, 1.165) is 36.3 Å². The van der Waals surface area contributed by atoms with Gasteiger partial charge in [-0.25, -0.2) is 9.66 Å². The maximum Gasteiger partial charge on any atom is 0.221 e. The van der Waals surface area contributed by atoms with Gasteiger partial charge in [0, 0.05) is 6.61 Å². The molecule has 2 aromatic rings. The molecule has 122 valence electrons. The highest BCUT2D eigenvalue weighted by Crippen LogP contribution is 2.13. The lowest BCUT2D eigenvalue weighted by molar-refractivity contribution is 0.0106. The minimum atomic E-state index is 0.269. The summed E-state index contributed by atoms with van der Waals surface area (Å²) in [5, 5.41) is 4.30. The Labute approximate surface area is 135 Å². The van der Waals surface area contributed by atoms with Crippen molar-refractivity contribution < 1.29 is 9.47 Å². The number of benzene rings is 1. The highest BCUT2D eigenvalue weighted by molar-refractivity contribution is 5.79. The largest absolute Gasteiger partial charge is 0.376 e. The maximum atomic E-state index is 5.75. The van der Waals surface area contributed by atoms with E-state index < -0.39 is 0 Å². The van der Waals surface area contributed by atoms with E-state index in [1.807, 2.05) is 31.2 Å². The molecule has 1 atom stereocenters. The number of nitrogens with zero attached hydrogens (tertiary/aromatic N) is 3. The summed E-state index contributed by atoms with van der Waals surface area (Å²) in [4.78, 5) is 4.10. The van der Waals surface area contributed by atoms with Crippen LogP contribution in [-0.4, -0.2) is 35.2 Å². The topological polar surface area (TPSA) is 74.7 Å². The van der Waals surface area contributed by atoms with E-state index >= 15 is 0 Å². The van der Waals surface area contributed by atoms with Crippen LogP contribution in [0.25, 0.3) is 0 Å². The fourth-order valence-electron chi connectivity index (χ4n) is 2.51. The highest BCUT2D eigenvalue weighted by Gasteiger charge is 2.15. The van der Waals surface area contributed by atoms with Crippen LogP contribution in [0.15, 0.2) is 35.6 Å². The molecular formula is C17H22N4O2. The summed E-state index contributed by atoms with van der Waals surface area (Å²) < 4.78 is 12.8. The van der Waals surface area contributed by atoms with Crippen molar-refractivity contribution >= 4 is 12.2 Å². The normalized spacial score (nSPS) is 18.0. The fourth-order valence-corrected chi connectivity index (χ4v) is 2.51. The third kappa shape index (κ3) is 4.40. The summed E-state index contributed by atoms with van der Waals surface area (Å²) in [6.07, 6.45) is 6.06. The summed E-state index contributed by atoms with van der Waals surface area (Å²) in [7, 11) is 0. The van der Waals surface area contributed by atoms with Crippen LogP contribution in [-0.2, 0) is 16.1 Å². The number of hydrogen-bond acceptors (Lipinski definition) is 5. The van der Waals surface area contributed by atoms with Crippen molar-refractivity contribution in [1.82, 2.24) is 9.66 Å². The Hall–Kier alpha value is -2.18. The minimum Gasteiger partial charge on any atom is -0.376 e. The Morgan fingerprint density at radius 3 is 2.91 bits per heavy atom. The summed E-state index contributed by atoms with van der Waals surface area (Å²) in [6, 6.07) is 8.10. The van der Waals surface area contributed by atoms with E-state index in [1.54, 1.807) is 17.1 Å². The van der Waals surface area contributed by atoms with Gasteiger partial charge in [-0.3, -0.25) is 0 Å². The number of anilines is 1. The number of rotatable bonds is 6. The number of nitrogens with two attached hydrogens (primary N) is 1. The second-order valence-corrected chi connectivity index (χ2v) is 5.72. The summed E-state index contributed by atoms with van der Waals surface area (Å²) in [5.41, 5.74) is 8.73. The van der Waals surface area contributed by atoms with E-state index in [1.165, 1.54) is 0 Å². The van der Waals surface area contributed by atoms with Gasteiger partial charge in [-0.05, 0) is 30.9 Å². The average Bonchev–Trinajstić information content (AvgIpc) is 3.16. The lowest BCUT2D eigenvalue weighted by Crippen LogP contribution is -2.13. The van der Waals surface area contributed by atoms with Gasteiger partial charge in [0.1, 0.15) is 0 Å². The third-order valence-electron chi connectivity index (χ3n) is 3.74. The van der Waals surface area contributed by atoms with Crippen molar-refractivity contribution in [2.45, 2.75) is 32.5 Å². The van der Waals surface area contributed by atoms with Gasteiger partial charge in [0.2, 0.25) is 5.95 Å². The van der Waals surface area contributed by atoms with Crippen LogP contribution in [0, 0.1) is 6.92 Å². The first-order chi connectivity index (χ1) is 11.2. The molecule has 1 aromatic heterocycles.